The van der Waals surface area contributed by atoms with Crippen molar-refractivity contribution in [2.45, 2.75) is 40.7 Å². The zero-order valence-electron chi connectivity index (χ0n) is 9.35. The first kappa shape index (κ1) is 12.7. The third kappa shape index (κ3) is 6.82. The second-order valence-corrected chi connectivity index (χ2v) is 4.69. The molecule has 2 nitrogen and oxygen atoms in total. The molecule has 0 aliphatic heterocycles. The van der Waals surface area contributed by atoms with E-state index in [4.69, 9.17) is 12.2 Å². The highest BCUT2D eigenvalue weighted by molar-refractivity contribution is 7.80. The van der Waals surface area contributed by atoms with Crippen molar-refractivity contribution in [1.82, 2.24) is 10.6 Å². The molecule has 0 radical (unpaired) electrons. The fraction of sp³-hybridized carbons (Fsp3) is 0.900. The summed E-state index contributed by atoms with van der Waals surface area (Å²) in [5, 5.41) is 7.22. The van der Waals surface area contributed by atoms with Gasteiger partial charge in [-0.1, -0.05) is 27.7 Å². The van der Waals surface area contributed by atoms with Crippen LogP contribution in [0.2, 0.25) is 0 Å². The Balaban J connectivity index is 3.62. The topological polar surface area (TPSA) is 24.1 Å². The van der Waals surface area contributed by atoms with Crippen LogP contribution in [0.15, 0.2) is 0 Å². The molecule has 0 aromatic heterocycles. The zero-order chi connectivity index (χ0) is 10.4. The van der Waals surface area contributed by atoms with Crippen LogP contribution in [0.3, 0.4) is 0 Å². The minimum Gasteiger partial charge on any atom is -0.362 e. The Morgan fingerprint density at radius 2 is 1.69 bits per heavy atom. The van der Waals surface area contributed by atoms with Crippen molar-refractivity contribution in [2.75, 3.05) is 6.54 Å². The zero-order valence-corrected chi connectivity index (χ0v) is 10.2. The summed E-state index contributed by atoms with van der Waals surface area (Å²) >= 11 is 5.15. The van der Waals surface area contributed by atoms with E-state index in [2.05, 4.69) is 45.3 Å². The summed E-state index contributed by atoms with van der Waals surface area (Å²) in [6.07, 6.45) is 0. The van der Waals surface area contributed by atoms with Gasteiger partial charge in [-0.15, -0.1) is 0 Å². The van der Waals surface area contributed by atoms with Crippen LogP contribution in [0.4, 0.5) is 0 Å². The number of rotatable bonds is 4. The van der Waals surface area contributed by atoms with Crippen molar-refractivity contribution >= 4 is 17.3 Å². The summed E-state index contributed by atoms with van der Waals surface area (Å²) in [4.78, 5) is 0. The molecule has 1 atom stereocenters. The van der Waals surface area contributed by atoms with Crippen LogP contribution in [0.5, 0.6) is 0 Å². The smallest absolute Gasteiger partial charge is 0.166 e. The van der Waals surface area contributed by atoms with E-state index in [0.717, 1.165) is 11.7 Å². The Morgan fingerprint density at radius 1 is 1.15 bits per heavy atom. The molecule has 0 aliphatic carbocycles. The lowest BCUT2D eigenvalue weighted by atomic mass is 10.1. The molecule has 0 amide bonds. The molecule has 0 bridgehead atoms. The summed E-state index contributed by atoms with van der Waals surface area (Å²) < 4.78 is 0. The Labute approximate surface area is 87.5 Å². The highest BCUT2D eigenvalue weighted by atomic mass is 32.1. The van der Waals surface area contributed by atoms with Gasteiger partial charge in [0.15, 0.2) is 5.11 Å². The highest BCUT2D eigenvalue weighted by Crippen LogP contribution is 1.99. The predicted octanol–water partition coefficient (Wildman–Crippen LogP) is 2.15. The molecule has 3 heteroatoms. The molecular weight excluding hydrogens is 180 g/mol. The summed E-state index contributed by atoms with van der Waals surface area (Å²) in [6.45, 7) is 11.8. The Bertz CT molecular complexity index is 155. The minimum atomic E-state index is 0.437. The monoisotopic (exact) mass is 202 g/mol. The Hall–Kier alpha value is -0.310. The van der Waals surface area contributed by atoms with E-state index < -0.39 is 0 Å². The van der Waals surface area contributed by atoms with Crippen molar-refractivity contribution in [3.8, 4) is 0 Å². The summed E-state index contributed by atoms with van der Waals surface area (Å²) in [5.41, 5.74) is 0. The maximum absolute atomic E-state index is 5.15. The van der Waals surface area contributed by atoms with Gasteiger partial charge in [0.25, 0.3) is 0 Å². The number of hydrogen-bond acceptors (Lipinski definition) is 1. The fourth-order valence-corrected chi connectivity index (χ4v) is 0.991. The molecule has 78 valence electrons. The van der Waals surface area contributed by atoms with Gasteiger partial charge in [0, 0.05) is 12.6 Å². The maximum atomic E-state index is 5.15. The third-order valence-electron chi connectivity index (χ3n) is 2.03. The van der Waals surface area contributed by atoms with Crippen molar-refractivity contribution < 1.29 is 0 Å². The predicted molar refractivity (Wildman–Crippen MR) is 62.9 cm³/mol. The summed E-state index contributed by atoms with van der Waals surface area (Å²) in [7, 11) is 0. The first-order chi connectivity index (χ1) is 5.93. The second-order valence-electron chi connectivity index (χ2n) is 4.28. The van der Waals surface area contributed by atoms with Crippen LogP contribution < -0.4 is 10.6 Å². The average Bonchev–Trinajstić information content (AvgIpc) is 2.00. The van der Waals surface area contributed by atoms with Crippen molar-refractivity contribution in [1.29, 1.82) is 0 Å². The molecule has 13 heavy (non-hydrogen) atoms. The van der Waals surface area contributed by atoms with Crippen molar-refractivity contribution in [3.63, 3.8) is 0 Å². The molecule has 0 aromatic rings. The van der Waals surface area contributed by atoms with E-state index in [1.807, 2.05) is 0 Å². The molecule has 0 fully saturated rings. The first-order valence-corrected chi connectivity index (χ1v) is 5.38. The molecule has 0 saturated heterocycles. The Morgan fingerprint density at radius 3 is 2.08 bits per heavy atom. The molecule has 0 aliphatic rings. The van der Waals surface area contributed by atoms with Crippen molar-refractivity contribution in [2.24, 2.45) is 11.8 Å². The van der Waals surface area contributed by atoms with Gasteiger partial charge >= 0.3 is 0 Å². The van der Waals surface area contributed by atoms with Crippen LogP contribution in [0, 0.1) is 11.8 Å². The van der Waals surface area contributed by atoms with Crippen LogP contribution >= 0.6 is 12.2 Å². The quantitative estimate of drug-likeness (QED) is 0.683. The van der Waals surface area contributed by atoms with E-state index in [0.29, 0.717) is 17.9 Å². The molecule has 0 rings (SSSR count). The molecule has 0 spiro atoms. The normalized spacial score (nSPS) is 13.2. The standard InChI is InChI=1S/C10H22N2S/c1-7(2)6-11-10(13)12-9(5)8(3)4/h7-9H,6H2,1-5H3,(H2,11,12,13). The molecule has 0 saturated carbocycles. The maximum Gasteiger partial charge on any atom is 0.166 e. The van der Waals surface area contributed by atoms with Gasteiger partial charge in [0.05, 0.1) is 0 Å². The van der Waals surface area contributed by atoms with Crippen LogP contribution in [0.1, 0.15) is 34.6 Å². The highest BCUT2D eigenvalue weighted by Gasteiger charge is 2.07. The first-order valence-electron chi connectivity index (χ1n) is 4.97. The fourth-order valence-electron chi connectivity index (χ4n) is 0.721. The second kappa shape index (κ2) is 6.19. The van der Waals surface area contributed by atoms with Crippen LogP contribution in [0.25, 0.3) is 0 Å². The van der Waals surface area contributed by atoms with E-state index >= 15 is 0 Å². The van der Waals surface area contributed by atoms with Crippen LogP contribution in [-0.2, 0) is 0 Å². The van der Waals surface area contributed by atoms with Gasteiger partial charge < -0.3 is 10.6 Å². The van der Waals surface area contributed by atoms with E-state index in [-0.39, 0.29) is 0 Å². The molecule has 0 heterocycles. The van der Waals surface area contributed by atoms with E-state index in [9.17, 15) is 0 Å². The average molecular weight is 202 g/mol. The number of hydrogen-bond donors (Lipinski definition) is 2. The molecule has 0 aromatic carbocycles. The van der Waals surface area contributed by atoms with Gasteiger partial charge in [0.2, 0.25) is 0 Å². The summed E-state index contributed by atoms with van der Waals surface area (Å²) in [5.74, 6) is 1.24. The van der Waals surface area contributed by atoms with Gasteiger partial charge in [-0.05, 0) is 31.0 Å². The lowest BCUT2D eigenvalue weighted by Gasteiger charge is -2.20. The lowest BCUT2D eigenvalue weighted by molar-refractivity contribution is 0.481. The van der Waals surface area contributed by atoms with E-state index in [1.54, 1.807) is 0 Å². The summed E-state index contributed by atoms with van der Waals surface area (Å²) in [6, 6.07) is 0.437. The van der Waals surface area contributed by atoms with E-state index in [1.165, 1.54) is 0 Å². The third-order valence-corrected chi connectivity index (χ3v) is 2.29. The number of thiocarbonyl (C=S) groups is 1. The Kier molecular flexibility index (Phi) is 6.04. The van der Waals surface area contributed by atoms with Crippen LogP contribution in [-0.4, -0.2) is 17.7 Å². The molecular formula is C10H22N2S. The van der Waals surface area contributed by atoms with Gasteiger partial charge in [-0.2, -0.15) is 0 Å². The van der Waals surface area contributed by atoms with Crippen molar-refractivity contribution in [3.05, 3.63) is 0 Å². The number of nitrogens with one attached hydrogen (secondary N) is 2. The largest absolute Gasteiger partial charge is 0.362 e. The minimum absolute atomic E-state index is 0.437. The molecule has 1 unspecified atom stereocenters. The lowest BCUT2D eigenvalue weighted by Crippen LogP contribution is -2.43. The van der Waals surface area contributed by atoms with Gasteiger partial charge in [-0.3, -0.25) is 0 Å². The SMILES string of the molecule is CC(C)CNC(=S)NC(C)C(C)C. The van der Waals surface area contributed by atoms with Gasteiger partial charge in [-0.25, -0.2) is 0 Å². The van der Waals surface area contributed by atoms with Gasteiger partial charge in [0.1, 0.15) is 0 Å². The molecule has 2 N–H and O–H groups in total.